The van der Waals surface area contributed by atoms with Crippen LogP contribution in [-0.2, 0) is 0 Å². The zero-order valence-corrected chi connectivity index (χ0v) is 23.8. The van der Waals surface area contributed by atoms with Gasteiger partial charge in [0.05, 0.1) is 22.1 Å². The Balaban J connectivity index is 1.40. The lowest BCUT2D eigenvalue weighted by Gasteiger charge is -2.23. The van der Waals surface area contributed by atoms with Crippen LogP contribution >= 0.6 is 0 Å². The topological polar surface area (TPSA) is 68.7 Å². The zero-order valence-electron chi connectivity index (χ0n) is 23.8. The van der Waals surface area contributed by atoms with Gasteiger partial charge in [-0.2, -0.15) is 0 Å². The molecule has 6 heteroatoms. The lowest BCUT2D eigenvalue weighted by atomic mass is 9.80. The zero-order chi connectivity index (χ0) is 29.7. The van der Waals surface area contributed by atoms with Gasteiger partial charge in [-0.3, -0.25) is 18.4 Å². The van der Waals surface area contributed by atoms with Crippen molar-refractivity contribution in [3.63, 3.8) is 0 Å². The fourth-order valence-electron chi connectivity index (χ4n) is 9.07. The molecule has 0 unspecified atom stereocenters. The summed E-state index contributed by atoms with van der Waals surface area (Å²) in [6.07, 6.45) is 0. The third-order valence-electron chi connectivity index (χ3n) is 10.8. The largest absolute Gasteiger partial charge is 0.268 e. The van der Waals surface area contributed by atoms with Crippen LogP contribution in [-0.4, -0.2) is 18.8 Å². The average Bonchev–Trinajstić information content (AvgIpc) is 3.68. The van der Waals surface area contributed by atoms with Crippen LogP contribution in [0.15, 0.2) is 107 Å². The quantitative estimate of drug-likeness (QED) is 0.133. The van der Waals surface area contributed by atoms with Crippen LogP contribution < -0.4 is 11.1 Å². The molecule has 0 radical (unpaired) electrons. The van der Waals surface area contributed by atoms with E-state index in [4.69, 9.17) is 9.97 Å². The molecule has 208 valence electrons. The van der Waals surface area contributed by atoms with Crippen LogP contribution in [0.4, 0.5) is 0 Å². The molecule has 0 aliphatic heterocycles. The molecule has 0 atom stereocenters. The highest BCUT2D eigenvalue weighted by atomic mass is 16.1. The lowest BCUT2D eigenvalue weighted by molar-refractivity contribution is 1.19. The summed E-state index contributed by atoms with van der Waals surface area (Å²) in [7, 11) is 0. The number of aromatic nitrogens is 4. The molecule has 0 aliphatic rings. The normalized spacial score (nSPS) is 13.4. The van der Waals surface area contributed by atoms with E-state index in [1.165, 1.54) is 0 Å². The van der Waals surface area contributed by atoms with Gasteiger partial charge in [0.25, 0.3) is 11.1 Å². The van der Waals surface area contributed by atoms with E-state index >= 15 is 0 Å². The summed E-state index contributed by atoms with van der Waals surface area (Å²) in [6.45, 7) is 0. The molecule has 4 heterocycles. The minimum absolute atomic E-state index is 0.0507. The fourth-order valence-corrected chi connectivity index (χ4v) is 9.07. The molecule has 0 N–H and O–H groups in total. The number of hydrogen-bond donors (Lipinski definition) is 0. The van der Waals surface area contributed by atoms with Crippen molar-refractivity contribution in [1.82, 2.24) is 18.8 Å². The Hall–Kier alpha value is -6.40. The number of benzene rings is 9. The van der Waals surface area contributed by atoms with Gasteiger partial charge in [0.1, 0.15) is 11.3 Å². The Morgan fingerprint density at radius 3 is 1.17 bits per heavy atom. The van der Waals surface area contributed by atoms with E-state index in [0.29, 0.717) is 22.1 Å². The van der Waals surface area contributed by atoms with E-state index in [2.05, 4.69) is 48.5 Å². The molecule has 4 aromatic heterocycles. The number of rotatable bonds is 0. The van der Waals surface area contributed by atoms with Crippen LogP contribution in [0.1, 0.15) is 0 Å². The summed E-state index contributed by atoms with van der Waals surface area (Å²) in [6, 6.07) is 32.9. The van der Waals surface area contributed by atoms with Gasteiger partial charge in [0.2, 0.25) is 0 Å². The SMILES string of the molecule is O=c1c2cc3ccc4cc5c(=O)n6c7ccccc7nc6c6cc7ccc8cc(c2c2c3c4c(c56)c7c82)c2nc3ccccc3n12. The molecule has 0 saturated heterocycles. The Bertz CT molecular complexity index is 3370. The summed E-state index contributed by atoms with van der Waals surface area (Å²) >= 11 is 0. The highest BCUT2D eigenvalue weighted by Crippen LogP contribution is 2.52. The molecule has 0 aliphatic carbocycles. The Labute approximate surface area is 255 Å². The number of nitrogens with zero attached hydrogens (tertiary/aromatic N) is 4. The third-order valence-corrected chi connectivity index (χ3v) is 10.8. The maximum atomic E-state index is 14.4. The van der Waals surface area contributed by atoms with Crippen molar-refractivity contribution in [2.24, 2.45) is 0 Å². The molecule has 13 rings (SSSR count). The van der Waals surface area contributed by atoms with Crippen molar-refractivity contribution >= 4 is 120 Å². The summed E-state index contributed by atoms with van der Waals surface area (Å²) < 4.78 is 3.56. The molecule has 9 aromatic carbocycles. The average molecular weight is 585 g/mol. The molecule has 0 saturated carbocycles. The maximum Gasteiger partial charge on any atom is 0.264 e. The first-order valence-corrected chi connectivity index (χ1v) is 15.4. The molecule has 0 bridgehead atoms. The minimum atomic E-state index is -0.0507. The number of fused-ring (bicyclic) bond motifs is 8. The monoisotopic (exact) mass is 584 g/mol. The van der Waals surface area contributed by atoms with Crippen LogP contribution in [0, 0.1) is 0 Å². The lowest BCUT2D eigenvalue weighted by Crippen LogP contribution is -2.14. The maximum absolute atomic E-state index is 14.4. The first-order chi connectivity index (χ1) is 22.7. The van der Waals surface area contributed by atoms with Gasteiger partial charge in [-0.1, -0.05) is 48.5 Å². The molecule has 0 amide bonds. The van der Waals surface area contributed by atoms with Crippen LogP contribution in [0.5, 0.6) is 0 Å². The van der Waals surface area contributed by atoms with Crippen molar-refractivity contribution in [2.45, 2.75) is 0 Å². The van der Waals surface area contributed by atoms with E-state index in [-0.39, 0.29) is 11.1 Å². The Kier molecular flexibility index (Phi) is 3.27. The first-order valence-electron chi connectivity index (χ1n) is 15.4. The van der Waals surface area contributed by atoms with Gasteiger partial charge in [-0.15, -0.1) is 0 Å². The second-order valence-electron chi connectivity index (χ2n) is 12.8. The number of hydrogen-bond acceptors (Lipinski definition) is 4. The summed E-state index contributed by atoms with van der Waals surface area (Å²) in [4.78, 5) is 38.8. The fraction of sp³-hybridized carbons (Fsp3) is 0. The smallest absolute Gasteiger partial charge is 0.264 e. The van der Waals surface area contributed by atoms with E-state index in [1.54, 1.807) is 8.80 Å². The van der Waals surface area contributed by atoms with E-state index in [9.17, 15) is 9.59 Å². The molecule has 6 nitrogen and oxygen atoms in total. The number of pyridine rings is 2. The summed E-state index contributed by atoms with van der Waals surface area (Å²) in [5, 5.41) is 16.3. The Morgan fingerprint density at radius 2 is 0.761 bits per heavy atom. The van der Waals surface area contributed by atoms with E-state index in [1.807, 2.05) is 48.5 Å². The van der Waals surface area contributed by atoms with Gasteiger partial charge >= 0.3 is 0 Å². The van der Waals surface area contributed by atoms with Crippen molar-refractivity contribution in [1.29, 1.82) is 0 Å². The Morgan fingerprint density at radius 1 is 0.391 bits per heavy atom. The molecule has 13 aromatic rings. The molecule has 46 heavy (non-hydrogen) atoms. The molecular formula is C40H16N4O2. The van der Waals surface area contributed by atoms with Gasteiger partial charge in [-0.25, -0.2) is 9.97 Å². The van der Waals surface area contributed by atoms with Crippen molar-refractivity contribution in [2.75, 3.05) is 0 Å². The highest BCUT2D eigenvalue weighted by Gasteiger charge is 2.28. The molecule has 0 fully saturated rings. The molecular weight excluding hydrogens is 568 g/mol. The third kappa shape index (κ3) is 2.13. The minimum Gasteiger partial charge on any atom is -0.268 e. The highest BCUT2D eigenvalue weighted by molar-refractivity contribution is 6.50. The second-order valence-corrected chi connectivity index (χ2v) is 12.8. The predicted molar refractivity (Wildman–Crippen MR) is 187 cm³/mol. The number of para-hydroxylation sites is 4. The molecule has 0 spiro atoms. The van der Waals surface area contributed by atoms with Gasteiger partial charge in [0, 0.05) is 43.1 Å². The standard InChI is InChI=1S/C40H16N4O2/c45-39-23-15-19-11-12-20-16-24-34-22(38-42-26-6-2-4-8-28(26)44(38)40(24)46)14-18-10-9-17-13-21(37-41-25-5-1-3-7-27(25)43(37)39)33(23)35-29(17)30(18)36(34)32(20)31(19)35/h1-16H. The van der Waals surface area contributed by atoms with Gasteiger partial charge in [-0.05, 0) is 91.6 Å². The number of imidazole rings is 2. The van der Waals surface area contributed by atoms with E-state index < -0.39 is 0 Å². The van der Waals surface area contributed by atoms with Crippen molar-refractivity contribution in [3.8, 4) is 0 Å². The van der Waals surface area contributed by atoms with Crippen molar-refractivity contribution in [3.05, 3.63) is 118 Å². The second kappa shape index (κ2) is 6.80. The van der Waals surface area contributed by atoms with Gasteiger partial charge in [0.15, 0.2) is 0 Å². The predicted octanol–water partition coefficient (Wildman–Crippen LogP) is 8.42. The van der Waals surface area contributed by atoms with Crippen LogP contribution in [0.3, 0.4) is 0 Å². The van der Waals surface area contributed by atoms with Crippen LogP contribution in [0.25, 0.3) is 120 Å². The van der Waals surface area contributed by atoms with E-state index in [0.717, 1.165) is 97.5 Å². The van der Waals surface area contributed by atoms with Gasteiger partial charge < -0.3 is 0 Å². The summed E-state index contributed by atoms with van der Waals surface area (Å²) in [5.74, 6) is 0. The summed E-state index contributed by atoms with van der Waals surface area (Å²) in [5.41, 5.74) is 4.53. The van der Waals surface area contributed by atoms with Crippen LogP contribution in [0.2, 0.25) is 0 Å². The first kappa shape index (κ1) is 22.2. The van der Waals surface area contributed by atoms with Crippen molar-refractivity contribution < 1.29 is 0 Å².